The normalized spacial score (nSPS) is 13.7. The molecule has 0 saturated heterocycles. The first kappa shape index (κ1) is 14.8. The van der Waals surface area contributed by atoms with Gasteiger partial charge in [0.1, 0.15) is 11.1 Å². The summed E-state index contributed by atoms with van der Waals surface area (Å²) in [7, 11) is 0. The molecule has 6 nitrogen and oxygen atoms in total. The van der Waals surface area contributed by atoms with Gasteiger partial charge < -0.3 is 10.1 Å². The van der Waals surface area contributed by atoms with Crippen molar-refractivity contribution in [3.63, 3.8) is 0 Å². The van der Waals surface area contributed by atoms with Gasteiger partial charge in [-0.2, -0.15) is 0 Å². The molecule has 1 aliphatic rings. The van der Waals surface area contributed by atoms with E-state index in [-0.39, 0.29) is 25.0 Å². The maximum absolute atomic E-state index is 11.9. The highest BCUT2D eigenvalue weighted by atomic mass is 79.9. The van der Waals surface area contributed by atoms with Gasteiger partial charge in [-0.1, -0.05) is 13.3 Å². The lowest BCUT2D eigenvalue weighted by atomic mass is 10.3. The highest BCUT2D eigenvalue weighted by molar-refractivity contribution is 9.10. The highest BCUT2D eigenvalue weighted by Crippen LogP contribution is 2.31. The molecule has 108 valence electrons. The Hall–Kier alpha value is -1.63. The Morgan fingerprint density at radius 1 is 1.55 bits per heavy atom. The summed E-state index contributed by atoms with van der Waals surface area (Å²) < 4.78 is 5.88. The second-order valence-electron chi connectivity index (χ2n) is 4.43. The predicted molar refractivity (Wildman–Crippen MR) is 77.7 cm³/mol. The van der Waals surface area contributed by atoms with Gasteiger partial charge in [0.15, 0.2) is 18.2 Å². The van der Waals surface area contributed by atoms with Gasteiger partial charge in [0.2, 0.25) is 5.91 Å². The Kier molecular flexibility index (Phi) is 4.94. The summed E-state index contributed by atoms with van der Waals surface area (Å²) in [4.78, 5) is 29.3. The Labute approximate surface area is 125 Å². The third-order valence-corrected chi connectivity index (χ3v) is 3.31. The Balaban J connectivity index is 2.09. The molecule has 7 heteroatoms. The van der Waals surface area contributed by atoms with Crippen LogP contribution >= 0.6 is 15.9 Å². The van der Waals surface area contributed by atoms with Crippen LogP contribution in [0.3, 0.4) is 0 Å². The van der Waals surface area contributed by atoms with Crippen LogP contribution in [0.25, 0.3) is 0 Å². The minimum atomic E-state index is -0.270. The lowest BCUT2D eigenvalue weighted by molar-refractivity contribution is -0.125. The number of halogens is 1. The van der Waals surface area contributed by atoms with Crippen LogP contribution in [0.2, 0.25) is 0 Å². The van der Waals surface area contributed by atoms with E-state index in [0.717, 1.165) is 12.8 Å². The van der Waals surface area contributed by atoms with Crippen molar-refractivity contribution in [2.24, 2.45) is 0 Å². The van der Waals surface area contributed by atoms with Crippen LogP contribution in [0.5, 0.6) is 5.75 Å². The number of ether oxygens (including phenoxy) is 1. The van der Waals surface area contributed by atoms with Crippen molar-refractivity contribution in [2.75, 3.05) is 24.6 Å². The zero-order valence-corrected chi connectivity index (χ0v) is 12.8. The number of aromatic nitrogens is 1. The van der Waals surface area contributed by atoms with E-state index in [1.54, 1.807) is 12.1 Å². The summed E-state index contributed by atoms with van der Waals surface area (Å²) in [6.45, 7) is 2.56. The second-order valence-corrected chi connectivity index (χ2v) is 5.24. The van der Waals surface area contributed by atoms with E-state index in [1.807, 2.05) is 0 Å². The number of unbranched alkanes of at least 4 members (excludes halogenated alkanes) is 1. The van der Waals surface area contributed by atoms with E-state index in [4.69, 9.17) is 4.74 Å². The summed E-state index contributed by atoms with van der Waals surface area (Å²) in [5, 5.41) is 2.78. The van der Waals surface area contributed by atoms with Gasteiger partial charge >= 0.3 is 0 Å². The lowest BCUT2D eigenvalue weighted by Crippen LogP contribution is -2.45. The average Bonchev–Trinajstić information content (AvgIpc) is 2.42. The topological polar surface area (TPSA) is 71.5 Å². The van der Waals surface area contributed by atoms with Crippen LogP contribution in [-0.4, -0.2) is 36.5 Å². The number of nitrogens with zero attached hydrogens (tertiary/aromatic N) is 2. The number of amides is 2. The van der Waals surface area contributed by atoms with Crippen LogP contribution in [0, 0.1) is 0 Å². The molecule has 0 aromatic carbocycles. The van der Waals surface area contributed by atoms with Gasteiger partial charge in [-0.3, -0.25) is 14.5 Å². The molecule has 0 atom stereocenters. The first-order valence-corrected chi connectivity index (χ1v) is 7.27. The molecule has 0 unspecified atom stereocenters. The molecule has 20 heavy (non-hydrogen) atoms. The number of fused-ring (bicyclic) bond motifs is 1. The van der Waals surface area contributed by atoms with E-state index in [2.05, 4.69) is 33.2 Å². The number of pyridine rings is 1. The summed E-state index contributed by atoms with van der Waals surface area (Å²) in [6.07, 6.45) is 1.93. The molecule has 1 N–H and O–H groups in total. The zero-order valence-electron chi connectivity index (χ0n) is 11.2. The maximum Gasteiger partial charge on any atom is 0.266 e. The van der Waals surface area contributed by atoms with E-state index in [9.17, 15) is 9.59 Å². The highest BCUT2D eigenvalue weighted by Gasteiger charge is 2.28. The van der Waals surface area contributed by atoms with E-state index in [1.165, 1.54) is 4.90 Å². The van der Waals surface area contributed by atoms with E-state index < -0.39 is 0 Å². The van der Waals surface area contributed by atoms with Crippen LogP contribution in [-0.2, 0) is 9.59 Å². The molecule has 2 rings (SSSR count). The molecule has 2 amide bonds. The number of hydrogen-bond acceptors (Lipinski definition) is 4. The van der Waals surface area contributed by atoms with Crippen molar-refractivity contribution in [1.29, 1.82) is 0 Å². The molecule has 1 aromatic heterocycles. The smallest absolute Gasteiger partial charge is 0.266 e. The second kappa shape index (κ2) is 6.69. The van der Waals surface area contributed by atoms with Gasteiger partial charge in [0.05, 0.1) is 0 Å². The predicted octanol–water partition coefficient (Wildman–Crippen LogP) is 1.49. The van der Waals surface area contributed by atoms with Crippen LogP contribution in [0.15, 0.2) is 16.7 Å². The summed E-state index contributed by atoms with van der Waals surface area (Å²) >= 11 is 3.25. The minimum Gasteiger partial charge on any atom is -0.480 e. The lowest BCUT2D eigenvalue weighted by Gasteiger charge is -2.27. The molecule has 2 heterocycles. The fourth-order valence-electron chi connectivity index (χ4n) is 1.82. The molecule has 0 aliphatic carbocycles. The maximum atomic E-state index is 11.9. The Morgan fingerprint density at radius 3 is 3.10 bits per heavy atom. The monoisotopic (exact) mass is 341 g/mol. The molecule has 0 saturated carbocycles. The van der Waals surface area contributed by atoms with Crippen LogP contribution < -0.4 is 15.0 Å². The fourth-order valence-corrected chi connectivity index (χ4v) is 2.12. The first-order valence-electron chi connectivity index (χ1n) is 6.48. The minimum absolute atomic E-state index is 0.0393. The van der Waals surface area contributed by atoms with E-state index in [0.29, 0.717) is 22.7 Å². The Morgan fingerprint density at radius 2 is 2.35 bits per heavy atom. The number of anilines is 1. The van der Waals surface area contributed by atoms with Gasteiger partial charge in [-0.15, -0.1) is 0 Å². The van der Waals surface area contributed by atoms with Crippen molar-refractivity contribution in [1.82, 2.24) is 10.3 Å². The summed E-state index contributed by atoms with van der Waals surface area (Å²) in [5.74, 6) is 0.422. The van der Waals surface area contributed by atoms with Crippen LogP contribution in [0.4, 0.5) is 5.82 Å². The molecule has 1 aromatic rings. The number of rotatable bonds is 5. The van der Waals surface area contributed by atoms with E-state index >= 15 is 0 Å². The third-order valence-electron chi connectivity index (χ3n) is 2.87. The van der Waals surface area contributed by atoms with Crippen molar-refractivity contribution in [3.8, 4) is 5.75 Å². The van der Waals surface area contributed by atoms with Crippen molar-refractivity contribution in [2.45, 2.75) is 19.8 Å². The Bertz CT molecular complexity index is 522. The number of nitrogens with one attached hydrogen (secondary N) is 1. The van der Waals surface area contributed by atoms with Crippen molar-refractivity contribution in [3.05, 3.63) is 16.7 Å². The summed E-state index contributed by atoms with van der Waals surface area (Å²) in [6, 6.07) is 3.45. The third kappa shape index (κ3) is 3.47. The fraction of sp³-hybridized carbons (Fsp3) is 0.462. The van der Waals surface area contributed by atoms with Crippen molar-refractivity contribution >= 4 is 33.6 Å². The number of carbonyl (C=O) groups is 2. The first-order chi connectivity index (χ1) is 9.61. The van der Waals surface area contributed by atoms with Crippen LogP contribution in [0.1, 0.15) is 19.8 Å². The SMILES string of the molecule is CCCCNC(=O)CN1C(=O)COc2ccc(Br)nc21. The average molecular weight is 342 g/mol. The zero-order chi connectivity index (χ0) is 14.5. The number of carbonyl (C=O) groups excluding carboxylic acids is 2. The van der Waals surface area contributed by atoms with Gasteiger partial charge in [0, 0.05) is 6.54 Å². The molecule has 0 spiro atoms. The summed E-state index contributed by atoms with van der Waals surface area (Å²) in [5.41, 5.74) is 0. The molecule has 0 bridgehead atoms. The standard InChI is InChI=1S/C13H16BrN3O3/c1-2-3-6-15-11(18)7-17-12(19)8-20-9-4-5-10(14)16-13(9)17/h4-5H,2-3,6-8H2,1H3,(H,15,18). The van der Waals surface area contributed by atoms with Gasteiger partial charge in [-0.05, 0) is 34.5 Å². The molecular formula is C13H16BrN3O3. The van der Waals surface area contributed by atoms with Crippen molar-refractivity contribution < 1.29 is 14.3 Å². The quantitative estimate of drug-likeness (QED) is 0.650. The molecule has 0 radical (unpaired) electrons. The number of hydrogen-bond donors (Lipinski definition) is 1. The van der Waals surface area contributed by atoms with Gasteiger partial charge in [0.25, 0.3) is 5.91 Å². The molecular weight excluding hydrogens is 326 g/mol. The largest absolute Gasteiger partial charge is 0.480 e. The van der Waals surface area contributed by atoms with Gasteiger partial charge in [-0.25, -0.2) is 4.98 Å². The molecule has 0 fully saturated rings. The molecule has 1 aliphatic heterocycles.